The molecule has 0 saturated carbocycles. The molecule has 0 aromatic heterocycles. The van der Waals surface area contributed by atoms with Crippen molar-refractivity contribution in [1.29, 1.82) is 0 Å². The first-order valence-electron chi connectivity index (χ1n) is 6.48. The first-order valence-corrected chi connectivity index (χ1v) is 6.93. The Bertz CT molecular complexity index is 695. The number of Topliss-reactive ketones (excluding diaryl/α,β-unsaturated/α-hetero) is 1. The van der Waals surface area contributed by atoms with Crippen molar-refractivity contribution in [2.75, 3.05) is 0 Å². The number of nitro groups is 1. The van der Waals surface area contributed by atoms with Crippen molar-refractivity contribution < 1.29 is 9.72 Å². The molecule has 108 valence electrons. The third kappa shape index (κ3) is 3.31. The van der Waals surface area contributed by atoms with E-state index in [1.165, 1.54) is 24.3 Å². The van der Waals surface area contributed by atoms with Gasteiger partial charge >= 0.3 is 0 Å². The Morgan fingerprint density at radius 1 is 1.19 bits per heavy atom. The van der Waals surface area contributed by atoms with Gasteiger partial charge in [-0.2, -0.15) is 0 Å². The first-order chi connectivity index (χ1) is 9.90. The number of thiol groups is 1. The molecule has 5 heteroatoms. The van der Waals surface area contributed by atoms with Gasteiger partial charge in [-0.15, -0.1) is 12.6 Å². The molecule has 21 heavy (non-hydrogen) atoms. The summed E-state index contributed by atoms with van der Waals surface area (Å²) >= 11 is 4.39. The van der Waals surface area contributed by atoms with Gasteiger partial charge < -0.3 is 0 Å². The maximum Gasteiger partial charge on any atom is 0.269 e. The van der Waals surface area contributed by atoms with Crippen LogP contribution >= 0.6 is 12.6 Å². The number of hydrogen-bond acceptors (Lipinski definition) is 4. The van der Waals surface area contributed by atoms with E-state index in [4.69, 9.17) is 0 Å². The van der Waals surface area contributed by atoms with Crippen molar-refractivity contribution in [1.82, 2.24) is 0 Å². The lowest BCUT2D eigenvalue weighted by Crippen LogP contribution is -2.10. The molecule has 0 heterocycles. The van der Waals surface area contributed by atoms with Crippen LogP contribution in [0.4, 0.5) is 5.69 Å². The Kier molecular flexibility index (Phi) is 4.43. The summed E-state index contributed by atoms with van der Waals surface area (Å²) in [5, 5.41) is 10.6. The molecule has 2 aromatic rings. The number of nitrogens with zero attached hydrogens (tertiary/aromatic N) is 1. The van der Waals surface area contributed by atoms with Crippen LogP contribution in [0, 0.1) is 17.0 Å². The van der Waals surface area contributed by atoms with Crippen LogP contribution < -0.4 is 0 Å². The van der Waals surface area contributed by atoms with Crippen molar-refractivity contribution in [3.63, 3.8) is 0 Å². The Labute approximate surface area is 128 Å². The van der Waals surface area contributed by atoms with Crippen molar-refractivity contribution in [2.45, 2.75) is 24.7 Å². The normalized spacial score (nSPS) is 12.0. The highest BCUT2D eigenvalue weighted by Crippen LogP contribution is 2.27. The number of aryl methyl sites for hydroxylation is 1. The highest BCUT2D eigenvalue weighted by molar-refractivity contribution is 7.80. The van der Waals surface area contributed by atoms with Gasteiger partial charge in [0.05, 0.1) is 4.92 Å². The first kappa shape index (κ1) is 15.3. The van der Waals surface area contributed by atoms with Crippen molar-refractivity contribution in [3.05, 3.63) is 69.3 Å². The van der Waals surface area contributed by atoms with Crippen LogP contribution in [-0.4, -0.2) is 10.7 Å². The molecule has 2 rings (SSSR count). The topological polar surface area (TPSA) is 60.2 Å². The number of non-ortho nitro benzene ring substituents is 1. The van der Waals surface area contributed by atoms with E-state index in [0.29, 0.717) is 5.56 Å². The van der Waals surface area contributed by atoms with E-state index in [1.807, 2.05) is 32.0 Å². The average Bonchev–Trinajstić information content (AvgIpc) is 2.48. The molecule has 0 aliphatic rings. The van der Waals surface area contributed by atoms with Gasteiger partial charge in [-0.3, -0.25) is 14.9 Å². The minimum Gasteiger partial charge on any atom is -0.294 e. The molecule has 0 N–H and O–H groups in total. The fourth-order valence-corrected chi connectivity index (χ4v) is 2.49. The number of rotatable bonds is 4. The molecule has 0 spiro atoms. The second-order valence-corrected chi connectivity index (χ2v) is 5.43. The van der Waals surface area contributed by atoms with Gasteiger partial charge in [0.15, 0.2) is 5.78 Å². The van der Waals surface area contributed by atoms with Crippen molar-refractivity contribution in [3.8, 4) is 0 Å². The number of hydrogen-bond donors (Lipinski definition) is 1. The van der Waals surface area contributed by atoms with Crippen LogP contribution in [0.1, 0.15) is 34.3 Å². The highest BCUT2D eigenvalue weighted by Gasteiger charge is 2.20. The van der Waals surface area contributed by atoms with Gasteiger partial charge in [0.25, 0.3) is 5.69 Å². The maximum absolute atomic E-state index is 12.5. The molecule has 0 fully saturated rings. The Morgan fingerprint density at radius 3 is 2.38 bits per heavy atom. The predicted octanol–water partition coefficient (Wildman–Crippen LogP) is 4.18. The van der Waals surface area contributed by atoms with E-state index >= 15 is 0 Å². The Morgan fingerprint density at radius 2 is 1.81 bits per heavy atom. The summed E-state index contributed by atoms with van der Waals surface area (Å²) < 4.78 is 0. The zero-order valence-electron chi connectivity index (χ0n) is 11.7. The molecular formula is C16H15NO3S. The maximum atomic E-state index is 12.5. The van der Waals surface area contributed by atoms with Gasteiger partial charge in [0, 0.05) is 28.5 Å². The molecule has 4 nitrogen and oxygen atoms in total. The molecule has 1 atom stereocenters. The van der Waals surface area contributed by atoms with E-state index in [9.17, 15) is 14.9 Å². The quantitative estimate of drug-likeness (QED) is 0.399. The number of carbonyl (C=O) groups excluding carboxylic acids is 1. The summed E-state index contributed by atoms with van der Waals surface area (Å²) in [6.45, 7) is 3.78. The number of benzene rings is 2. The van der Waals surface area contributed by atoms with Crippen LogP contribution in [0.2, 0.25) is 0 Å². The lowest BCUT2D eigenvalue weighted by Gasteiger charge is -2.14. The number of ketones is 1. The molecule has 1 unspecified atom stereocenters. The molecule has 0 aliphatic heterocycles. The van der Waals surface area contributed by atoms with Gasteiger partial charge in [0.1, 0.15) is 0 Å². The largest absolute Gasteiger partial charge is 0.294 e. The predicted molar refractivity (Wildman–Crippen MR) is 84.3 cm³/mol. The molecule has 0 bridgehead atoms. The van der Waals surface area contributed by atoms with Gasteiger partial charge in [-0.25, -0.2) is 0 Å². The monoisotopic (exact) mass is 301 g/mol. The second-order valence-electron chi connectivity index (χ2n) is 4.95. The second kappa shape index (κ2) is 6.10. The summed E-state index contributed by atoms with van der Waals surface area (Å²) in [5.74, 6) is -0.426. The smallest absolute Gasteiger partial charge is 0.269 e. The molecule has 0 amide bonds. The molecular weight excluding hydrogens is 286 g/mol. The molecule has 0 radical (unpaired) electrons. The summed E-state index contributed by atoms with van der Waals surface area (Å²) in [7, 11) is 0. The molecule has 0 saturated heterocycles. The zero-order chi connectivity index (χ0) is 15.6. The van der Waals surface area contributed by atoms with E-state index < -0.39 is 4.92 Å². The minimum absolute atomic E-state index is 0.0235. The summed E-state index contributed by atoms with van der Waals surface area (Å²) in [6.07, 6.45) is 0. The van der Waals surface area contributed by atoms with Gasteiger partial charge in [0.2, 0.25) is 0 Å². The van der Waals surface area contributed by atoms with Crippen LogP contribution in [0.5, 0.6) is 0 Å². The van der Waals surface area contributed by atoms with Gasteiger partial charge in [-0.1, -0.05) is 24.6 Å². The van der Waals surface area contributed by atoms with Crippen LogP contribution in [0.15, 0.2) is 47.4 Å². The number of nitro benzene ring substituents is 1. The van der Waals surface area contributed by atoms with Crippen molar-refractivity contribution in [2.24, 2.45) is 0 Å². The summed E-state index contributed by atoms with van der Waals surface area (Å²) in [5.41, 5.74) is 2.36. The lowest BCUT2D eigenvalue weighted by atomic mass is 9.91. The standard InChI is InChI=1S/C16H15NO3S/c1-10-3-8-15(21)14(9-10)11(2)16(18)12-4-6-13(7-5-12)17(19)20/h3-9,11,21H,1-2H3. The third-order valence-corrected chi connectivity index (χ3v) is 3.81. The Balaban J connectivity index is 2.30. The van der Waals surface area contributed by atoms with Crippen molar-refractivity contribution >= 4 is 24.1 Å². The molecule has 2 aromatic carbocycles. The van der Waals surface area contributed by atoms with E-state index in [2.05, 4.69) is 12.6 Å². The highest BCUT2D eigenvalue weighted by atomic mass is 32.1. The summed E-state index contributed by atoms with van der Waals surface area (Å²) in [4.78, 5) is 23.4. The van der Waals surface area contributed by atoms with Gasteiger partial charge in [-0.05, 0) is 30.7 Å². The summed E-state index contributed by atoms with van der Waals surface area (Å²) in [6, 6.07) is 11.4. The van der Waals surface area contributed by atoms with E-state index in [0.717, 1.165) is 16.0 Å². The fraction of sp³-hybridized carbons (Fsp3) is 0.188. The van der Waals surface area contributed by atoms with Crippen LogP contribution in [-0.2, 0) is 0 Å². The Hall–Kier alpha value is -2.14. The minimum atomic E-state index is -0.482. The van der Waals surface area contributed by atoms with E-state index in [1.54, 1.807) is 0 Å². The molecule has 0 aliphatic carbocycles. The van der Waals surface area contributed by atoms with Crippen LogP contribution in [0.3, 0.4) is 0 Å². The van der Waals surface area contributed by atoms with Crippen LogP contribution in [0.25, 0.3) is 0 Å². The van der Waals surface area contributed by atoms with E-state index in [-0.39, 0.29) is 17.4 Å². The third-order valence-electron chi connectivity index (χ3n) is 3.41. The lowest BCUT2D eigenvalue weighted by molar-refractivity contribution is -0.384. The SMILES string of the molecule is Cc1ccc(S)c(C(C)C(=O)c2ccc([N+](=O)[O-])cc2)c1. The number of carbonyl (C=O) groups is 1. The average molecular weight is 301 g/mol. The fourth-order valence-electron chi connectivity index (χ4n) is 2.16. The zero-order valence-corrected chi connectivity index (χ0v) is 12.6.